The first-order chi connectivity index (χ1) is 7.75. The minimum Gasteiger partial charge on any atom is -0.381 e. The summed E-state index contributed by atoms with van der Waals surface area (Å²) in [6, 6.07) is 0. The van der Waals surface area contributed by atoms with E-state index in [-0.39, 0.29) is 5.78 Å². The molecule has 0 radical (unpaired) electrons. The molecule has 2 heterocycles. The maximum Gasteiger partial charge on any atom is 0.130 e. The van der Waals surface area contributed by atoms with Gasteiger partial charge in [0.05, 0.1) is 10.7 Å². The van der Waals surface area contributed by atoms with Crippen LogP contribution in [0.15, 0.2) is 5.38 Å². The molecule has 1 fully saturated rings. The zero-order valence-electron chi connectivity index (χ0n) is 9.57. The molecule has 1 aliphatic heterocycles. The minimum atomic E-state index is 0.237. The molecular formula is C12H17NO2S. The first kappa shape index (κ1) is 11.7. The highest BCUT2D eigenvalue weighted by Gasteiger charge is 2.18. The second-order valence-electron chi connectivity index (χ2n) is 4.27. The van der Waals surface area contributed by atoms with Crippen molar-refractivity contribution >= 4 is 17.1 Å². The van der Waals surface area contributed by atoms with Crippen molar-refractivity contribution in [1.82, 2.24) is 4.98 Å². The van der Waals surface area contributed by atoms with Crippen LogP contribution in [0.1, 0.15) is 42.8 Å². The van der Waals surface area contributed by atoms with Gasteiger partial charge in [-0.05, 0) is 26.2 Å². The molecule has 0 N–H and O–H groups in total. The van der Waals surface area contributed by atoms with Gasteiger partial charge < -0.3 is 9.53 Å². The lowest BCUT2D eigenvalue weighted by atomic mass is 10.0. The van der Waals surface area contributed by atoms with Gasteiger partial charge in [-0.2, -0.15) is 0 Å². The topological polar surface area (TPSA) is 39.2 Å². The monoisotopic (exact) mass is 239 g/mol. The summed E-state index contributed by atoms with van der Waals surface area (Å²) in [4.78, 5) is 15.5. The van der Waals surface area contributed by atoms with Crippen LogP contribution < -0.4 is 0 Å². The molecular weight excluding hydrogens is 222 g/mol. The maximum absolute atomic E-state index is 10.9. The summed E-state index contributed by atoms with van der Waals surface area (Å²) in [7, 11) is 0. The Kier molecular flexibility index (Phi) is 4.07. The lowest BCUT2D eigenvalue weighted by molar-refractivity contribution is -0.116. The average molecular weight is 239 g/mol. The summed E-state index contributed by atoms with van der Waals surface area (Å²) in [5.74, 6) is 0.811. The van der Waals surface area contributed by atoms with E-state index in [9.17, 15) is 4.79 Å². The predicted octanol–water partition coefficient (Wildman–Crippen LogP) is 2.56. The number of thiazole rings is 1. The Morgan fingerprint density at radius 3 is 3.00 bits per heavy atom. The van der Waals surface area contributed by atoms with E-state index in [1.165, 1.54) is 5.01 Å². The molecule has 0 bridgehead atoms. The van der Waals surface area contributed by atoms with E-state index in [0.717, 1.165) is 38.2 Å². The number of Topliss-reactive ketones (excluding diaryl/α,β-unsaturated/α-hetero) is 1. The number of carbonyl (C=O) groups excluding carboxylic acids is 1. The van der Waals surface area contributed by atoms with Crippen LogP contribution in [-0.2, 0) is 16.0 Å². The van der Waals surface area contributed by atoms with E-state index >= 15 is 0 Å². The smallest absolute Gasteiger partial charge is 0.130 e. The molecule has 1 aliphatic rings. The molecule has 1 aromatic heterocycles. The molecule has 0 atom stereocenters. The van der Waals surface area contributed by atoms with E-state index in [0.29, 0.717) is 12.3 Å². The quantitative estimate of drug-likeness (QED) is 0.810. The largest absolute Gasteiger partial charge is 0.381 e. The number of ketones is 1. The van der Waals surface area contributed by atoms with Gasteiger partial charge in [-0.3, -0.25) is 0 Å². The number of carbonyl (C=O) groups is 1. The first-order valence-electron chi connectivity index (χ1n) is 5.77. The van der Waals surface area contributed by atoms with Gasteiger partial charge in [0.1, 0.15) is 5.78 Å². The average Bonchev–Trinajstić information content (AvgIpc) is 2.76. The number of aromatic nitrogens is 1. The summed E-state index contributed by atoms with van der Waals surface area (Å²) < 4.78 is 5.34. The van der Waals surface area contributed by atoms with Gasteiger partial charge in [-0.1, -0.05) is 0 Å². The number of nitrogens with zero attached hydrogens (tertiary/aromatic N) is 1. The normalized spacial score (nSPS) is 17.6. The third-order valence-corrected chi connectivity index (χ3v) is 3.93. The van der Waals surface area contributed by atoms with E-state index in [2.05, 4.69) is 10.4 Å². The van der Waals surface area contributed by atoms with Crippen molar-refractivity contribution in [2.24, 2.45) is 0 Å². The molecule has 88 valence electrons. The van der Waals surface area contributed by atoms with Crippen LogP contribution in [0.3, 0.4) is 0 Å². The molecule has 2 rings (SSSR count). The Bertz CT molecular complexity index is 356. The number of ether oxygens (including phenoxy) is 1. The van der Waals surface area contributed by atoms with Crippen molar-refractivity contribution in [3.8, 4) is 0 Å². The molecule has 16 heavy (non-hydrogen) atoms. The number of hydrogen-bond donors (Lipinski definition) is 0. The number of rotatable bonds is 4. The molecule has 4 heteroatoms. The van der Waals surface area contributed by atoms with Crippen molar-refractivity contribution in [2.75, 3.05) is 13.2 Å². The van der Waals surface area contributed by atoms with Crippen molar-refractivity contribution in [3.63, 3.8) is 0 Å². The zero-order chi connectivity index (χ0) is 11.4. The molecule has 0 spiro atoms. The highest BCUT2D eigenvalue weighted by atomic mass is 32.1. The number of aryl methyl sites for hydroxylation is 1. The maximum atomic E-state index is 10.9. The van der Waals surface area contributed by atoms with Crippen LogP contribution in [0.25, 0.3) is 0 Å². The molecule has 0 unspecified atom stereocenters. The van der Waals surface area contributed by atoms with Crippen LogP contribution in [0.4, 0.5) is 0 Å². The molecule has 1 aromatic rings. The molecule has 0 aliphatic carbocycles. The zero-order valence-corrected chi connectivity index (χ0v) is 10.4. The van der Waals surface area contributed by atoms with Crippen molar-refractivity contribution < 1.29 is 9.53 Å². The second kappa shape index (κ2) is 5.55. The van der Waals surface area contributed by atoms with Crippen molar-refractivity contribution in [1.29, 1.82) is 0 Å². The standard InChI is InChI=1S/C12H17NO2S/c1-9(14)2-3-11-8-16-12(13-11)10-4-6-15-7-5-10/h8,10H,2-7H2,1H3. The van der Waals surface area contributed by atoms with Crippen LogP contribution in [0.2, 0.25) is 0 Å². The van der Waals surface area contributed by atoms with Crippen LogP contribution in [0, 0.1) is 0 Å². The van der Waals surface area contributed by atoms with E-state index in [1.807, 2.05) is 0 Å². The first-order valence-corrected chi connectivity index (χ1v) is 6.65. The second-order valence-corrected chi connectivity index (χ2v) is 5.16. The Morgan fingerprint density at radius 2 is 2.31 bits per heavy atom. The summed E-state index contributed by atoms with van der Waals surface area (Å²) in [5, 5.41) is 3.31. The van der Waals surface area contributed by atoms with E-state index in [1.54, 1.807) is 18.3 Å². The third kappa shape index (κ3) is 3.12. The van der Waals surface area contributed by atoms with Crippen LogP contribution in [0.5, 0.6) is 0 Å². The van der Waals surface area contributed by atoms with E-state index < -0.39 is 0 Å². The summed E-state index contributed by atoms with van der Waals surface area (Å²) in [6.45, 7) is 3.34. The summed E-state index contributed by atoms with van der Waals surface area (Å²) in [6.07, 6.45) is 3.56. The molecule has 0 amide bonds. The predicted molar refractivity (Wildman–Crippen MR) is 63.9 cm³/mol. The molecule has 0 aromatic carbocycles. The van der Waals surface area contributed by atoms with Gasteiger partial charge in [0.15, 0.2) is 0 Å². The van der Waals surface area contributed by atoms with Gasteiger partial charge >= 0.3 is 0 Å². The van der Waals surface area contributed by atoms with Gasteiger partial charge in [-0.15, -0.1) is 11.3 Å². The SMILES string of the molecule is CC(=O)CCc1csc(C2CCOCC2)n1. The Morgan fingerprint density at radius 1 is 1.56 bits per heavy atom. The highest BCUT2D eigenvalue weighted by Crippen LogP contribution is 2.29. The fraction of sp³-hybridized carbons (Fsp3) is 0.667. The lowest BCUT2D eigenvalue weighted by Crippen LogP contribution is -2.13. The van der Waals surface area contributed by atoms with Gasteiger partial charge in [0.2, 0.25) is 0 Å². The Hall–Kier alpha value is -0.740. The van der Waals surface area contributed by atoms with Gasteiger partial charge in [-0.25, -0.2) is 4.98 Å². The van der Waals surface area contributed by atoms with Gasteiger partial charge in [0, 0.05) is 30.9 Å². The fourth-order valence-corrected chi connectivity index (χ4v) is 2.90. The highest BCUT2D eigenvalue weighted by molar-refractivity contribution is 7.09. The Labute approximate surface area is 99.8 Å². The summed E-state index contributed by atoms with van der Waals surface area (Å²) >= 11 is 1.73. The van der Waals surface area contributed by atoms with Crippen molar-refractivity contribution in [2.45, 2.75) is 38.5 Å². The number of hydrogen-bond acceptors (Lipinski definition) is 4. The molecule has 0 saturated carbocycles. The summed E-state index contributed by atoms with van der Waals surface area (Å²) in [5.41, 5.74) is 1.07. The van der Waals surface area contributed by atoms with Crippen LogP contribution >= 0.6 is 11.3 Å². The van der Waals surface area contributed by atoms with Crippen LogP contribution in [-0.4, -0.2) is 24.0 Å². The van der Waals surface area contributed by atoms with Gasteiger partial charge in [0.25, 0.3) is 0 Å². The third-order valence-electron chi connectivity index (χ3n) is 2.87. The van der Waals surface area contributed by atoms with E-state index in [4.69, 9.17) is 4.74 Å². The molecule has 1 saturated heterocycles. The van der Waals surface area contributed by atoms with Crippen molar-refractivity contribution in [3.05, 3.63) is 16.1 Å². The minimum absolute atomic E-state index is 0.237. The fourth-order valence-electron chi connectivity index (χ4n) is 1.87. The lowest BCUT2D eigenvalue weighted by Gasteiger charge is -2.19. The molecule has 3 nitrogen and oxygen atoms in total. The Balaban J connectivity index is 1.93.